The number of amides is 2. The van der Waals surface area contributed by atoms with Crippen LogP contribution in [0.5, 0.6) is 11.5 Å². The molecule has 1 atom stereocenters. The molecule has 2 amide bonds. The van der Waals surface area contributed by atoms with Gasteiger partial charge in [0.2, 0.25) is 5.91 Å². The Balaban J connectivity index is 1.58. The summed E-state index contributed by atoms with van der Waals surface area (Å²) in [6.07, 6.45) is -0.0421. The molecule has 0 aliphatic carbocycles. The molecule has 0 aromatic heterocycles. The number of methoxy groups -OCH3 is 2. The fraction of sp³-hybridized carbons (Fsp3) is 0.286. The Morgan fingerprint density at radius 2 is 1.97 bits per heavy atom. The van der Waals surface area contributed by atoms with Gasteiger partial charge in [0, 0.05) is 24.7 Å². The first-order valence-corrected chi connectivity index (χ1v) is 9.15. The van der Waals surface area contributed by atoms with E-state index in [0.29, 0.717) is 17.2 Å². The molecule has 0 unspecified atom stereocenters. The van der Waals surface area contributed by atoms with E-state index in [-0.39, 0.29) is 24.6 Å². The van der Waals surface area contributed by atoms with Gasteiger partial charge in [-0.2, -0.15) is 0 Å². The molecule has 3 rings (SSSR count). The molecule has 0 spiro atoms. The lowest BCUT2D eigenvalue weighted by atomic mass is 10.1. The lowest BCUT2D eigenvalue weighted by molar-refractivity contribution is -0.151. The molecule has 0 saturated carbocycles. The van der Waals surface area contributed by atoms with Crippen molar-refractivity contribution in [2.75, 3.05) is 37.6 Å². The number of rotatable bonds is 7. The van der Waals surface area contributed by atoms with Gasteiger partial charge in [-0.1, -0.05) is 6.07 Å². The van der Waals surface area contributed by atoms with Crippen LogP contribution in [0.25, 0.3) is 0 Å². The molecule has 1 aliphatic rings. The zero-order valence-electron chi connectivity index (χ0n) is 16.5. The van der Waals surface area contributed by atoms with Crippen LogP contribution in [0.15, 0.2) is 42.5 Å². The van der Waals surface area contributed by atoms with Crippen molar-refractivity contribution >= 4 is 29.2 Å². The second-order valence-corrected chi connectivity index (χ2v) is 6.61. The molecular weight excluding hydrogens is 395 g/mol. The van der Waals surface area contributed by atoms with E-state index in [1.54, 1.807) is 18.2 Å². The zero-order valence-corrected chi connectivity index (χ0v) is 16.5. The molecule has 0 radical (unpaired) electrons. The molecule has 30 heavy (non-hydrogen) atoms. The maximum absolute atomic E-state index is 13.2. The summed E-state index contributed by atoms with van der Waals surface area (Å²) < 4.78 is 28.7. The third kappa shape index (κ3) is 4.86. The summed E-state index contributed by atoms with van der Waals surface area (Å²) in [5.74, 6) is -1.73. The average Bonchev–Trinajstić information content (AvgIpc) is 3.13. The van der Waals surface area contributed by atoms with Crippen molar-refractivity contribution in [3.8, 4) is 11.5 Å². The van der Waals surface area contributed by atoms with Gasteiger partial charge in [-0.3, -0.25) is 14.4 Å². The minimum atomic E-state index is -0.716. The normalized spacial score (nSPS) is 15.6. The number of ether oxygens (including phenoxy) is 3. The Morgan fingerprint density at radius 3 is 2.67 bits per heavy atom. The van der Waals surface area contributed by atoms with E-state index >= 15 is 0 Å². The van der Waals surface area contributed by atoms with Crippen molar-refractivity contribution in [2.24, 2.45) is 5.92 Å². The van der Waals surface area contributed by atoms with Crippen molar-refractivity contribution in [2.45, 2.75) is 6.42 Å². The zero-order chi connectivity index (χ0) is 21.7. The van der Waals surface area contributed by atoms with E-state index in [1.807, 2.05) is 0 Å². The van der Waals surface area contributed by atoms with E-state index in [0.717, 1.165) is 6.07 Å². The SMILES string of the molecule is COc1ccc(N2C[C@H](C(=O)OCC(=O)Nc3cccc(F)c3)CC2=O)c(OC)c1. The van der Waals surface area contributed by atoms with Gasteiger partial charge in [0.25, 0.3) is 5.91 Å². The van der Waals surface area contributed by atoms with Crippen molar-refractivity contribution in [3.63, 3.8) is 0 Å². The van der Waals surface area contributed by atoms with Gasteiger partial charge in [0.1, 0.15) is 17.3 Å². The van der Waals surface area contributed by atoms with Crippen LogP contribution in [0.2, 0.25) is 0 Å². The number of nitrogens with zero attached hydrogens (tertiary/aromatic N) is 1. The van der Waals surface area contributed by atoms with Gasteiger partial charge in [-0.15, -0.1) is 0 Å². The highest BCUT2D eigenvalue weighted by Crippen LogP contribution is 2.36. The Morgan fingerprint density at radius 1 is 1.17 bits per heavy atom. The van der Waals surface area contributed by atoms with Crippen LogP contribution in [0.4, 0.5) is 15.8 Å². The molecule has 2 aromatic rings. The Bertz CT molecular complexity index is 964. The first-order valence-electron chi connectivity index (χ1n) is 9.15. The number of nitrogens with one attached hydrogen (secondary N) is 1. The summed E-state index contributed by atoms with van der Waals surface area (Å²) in [5.41, 5.74) is 0.771. The summed E-state index contributed by atoms with van der Waals surface area (Å²) in [4.78, 5) is 38.1. The topological polar surface area (TPSA) is 94.2 Å². The summed E-state index contributed by atoms with van der Waals surface area (Å²) in [5, 5.41) is 2.44. The molecule has 1 N–H and O–H groups in total. The van der Waals surface area contributed by atoms with E-state index in [1.165, 1.54) is 37.3 Å². The predicted octanol–water partition coefficient (Wildman–Crippen LogP) is 2.38. The minimum Gasteiger partial charge on any atom is -0.497 e. The van der Waals surface area contributed by atoms with E-state index < -0.39 is 30.2 Å². The molecular formula is C21H21FN2O6. The summed E-state index contributed by atoms with van der Waals surface area (Å²) >= 11 is 0. The maximum Gasteiger partial charge on any atom is 0.311 e. The molecule has 1 aliphatic heterocycles. The molecule has 0 bridgehead atoms. The Hall–Kier alpha value is -3.62. The summed E-state index contributed by atoms with van der Waals surface area (Å²) in [6, 6.07) is 10.4. The average molecular weight is 416 g/mol. The number of carbonyl (C=O) groups excluding carboxylic acids is 3. The van der Waals surface area contributed by atoms with Crippen LogP contribution in [0, 0.1) is 11.7 Å². The first-order chi connectivity index (χ1) is 14.4. The van der Waals surface area contributed by atoms with Crippen molar-refractivity contribution in [1.29, 1.82) is 0 Å². The quantitative estimate of drug-likeness (QED) is 0.697. The standard InChI is InChI=1S/C21H21FN2O6/c1-28-16-6-7-17(18(10-16)29-2)24-11-13(8-20(24)26)21(27)30-12-19(25)23-15-5-3-4-14(22)9-15/h3-7,9-10,13H,8,11-12H2,1-2H3,(H,23,25)/t13-/m1/s1. The second-order valence-electron chi connectivity index (χ2n) is 6.61. The van der Waals surface area contributed by atoms with Crippen molar-refractivity contribution < 1.29 is 33.0 Å². The lowest BCUT2D eigenvalue weighted by Crippen LogP contribution is -2.28. The van der Waals surface area contributed by atoms with Crippen LogP contribution < -0.4 is 19.7 Å². The summed E-state index contributed by atoms with van der Waals surface area (Å²) in [6.45, 7) is -0.433. The summed E-state index contributed by atoms with van der Waals surface area (Å²) in [7, 11) is 2.99. The minimum absolute atomic E-state index is 0.0421. The monoisotopic (exact) mass is 416 g/mol. The molecule has 1 heterocycles. The molecule has 1 fully saturated rings. The number of carbonyl (C=O) groups is 3. The number of anilines is 2. The van der Waals surface area contributed by atoms with Crippen molar-refractivity contribution in [1.82, 2.24) is 0 Å². The highest BCUT2D eigenvalue weighted by molar-refractivity contribution is 6.01. The van der Waals surface area contributed by atoms with Gasteiger partial charge in [0.15, 0.2) is 6.61 Å². The highest BCUT2D eigenvalue weighted by atomic mass is 19.1. The molecule has 2 aromatic carbocycles. The van der Waals surface area contributed by atoms with Crippen molar-refractivity contribution in [3.05, 3.63) is 48.3 Å². The smallest absolute Gasteiger partial charge is 0.311 e. The van der Waals surface area contributed by atoms with Crippen LogP contribution in [0.3, 0.4) is 0 Å². The highest BCUT2D eigenvalue weighted by Gasteiger charge is 2.37. The molecule has 158 valence electrons. The number of hydrogen-bond donors (Lipinski definition) is 1. The van der Waals surface area contributed by atoms with Gasteiger partial charge in [-0.05, 0) is 30.3 Å². The molecule has 1 saturated heterocycles. The fourth-order valence-electron chi connectivity index (χ4n) is 3.12. The third-order valence-electron chi connectivity index (χ3n) is 4.59. The van der Waals surface area contributed by atoms with Crippen LogP contribution >= 0.6 is 0 Å². The fourth-order valence-corrected chi connectivity index (χ4v) is 3.12. The maximum atomic E-state index is 13.2. The lowest BCUT2D eigenvalue weighted by Gasteiger charge is -2.20. The van der Waals surface area contributed by atoms with Crippen LogP contribution in [-0.4, -0.2) is 45.2 Å². The third-order valence-corrected chi connectivity index (χ3v) is 4.59. The number of benzene rings is 2. The Labute approximate surface area is 172 Å². The van der Waals surface area contributed by atoms with E-state index in [2.05, 4.69) is 5.32 Å². The van der Waals surface area contributed by atoms with E-state index in [4.69, 9.17) is 14.2 Å². The van der Waals surface area contributed by atoms with E-state index in [9.17, 15) is 18.8 Å². The van der Waals surface area contributed by atoms with Gasteiger partial charge in [0.05, 0.1) is 25.8 Å². The number of hydrogen-bond acceptors (Lipinski definition) is 6. The van der Waals surface area contributed by atoms with Crippen LogP contribution in [0.1, 0.15) is 6.42 Å². The number of halogens is 1. The van der Waals surface area contributed by atoms with Crippen LogP contribution in [-0.2, 0) is 19.1 Å². The van der Waals surface area contributed by atoms with Gasteiger partial charge < -0.3 is 24.4 Å². The molecule has 9 heteroatoms. The van der Waals surface area contributed by atoms with Gasteiger partial charge in [-0.25, -0.2) is 4.39 Å². The largest absolute Gasteiger partial charge is 0.497 e. The second kappa shape index (κ2) is 9.25. The van der Waals surface area contributed by atoms with Gasteiger partial charge >= 0.3 is 5.97 Å². The first kappa shape index (κ1) is 21.1. The predicted molar refractivity (Wildman–Crippen MR) is 106 cm³/mol. The Kier molecular flexibility index (Phi) is 6.51. The number of esters is 1. The molecule has 8 nitrogen and oxygen atoms in total.